The van der Waals surface area contributed by atoms with Crippen LogP contribution in [0.1, 0.15) is 31.5 Å². The quantitative estimate of drug-likeness (QED) is 0.638. The third-order valence-electron chi connectivity index (χ3n) is 6.54. The minimum absolute atomic E-state index is 0.0309. The average molecular weight is 396 g/mol. The van der Waals surface area contributed by atoms with E-state index in [9.17, 15) is 9.59 Å². The number of esters is 2. The molecule has 1 aromatic carbocycles. The number of rotatable bonds is 3. The van der Waals surface area contributed by atoms with Gasteiger partial charge in [0.05, 0.1) is 7.11 Å². The molecule has 0 spiro atoms. The van der Waals surface area contributed by atoms with Gasteiger partial charge in [-0.25, -0.2) is 0 Å². The van der Waals surface area contributed by atoms with Gasteiger partial charge in [-0.3, -0.25) is 14.5 Å². The number of benzene rings is 1. The first-order chi connectivity index (χ1) is 14.0. The monoisotopic (exact) mass is 396 g/mol. The van der Waals surface area contributed by atoms with Gasteiger partial charge in [0.2, 0.25) is 0 Å². The Morgan fingerprint density at radius 3 is 2.83 bits per heavy atom. The van der Waals surface area contributed by atoms with E-state index in [2.05, 4.69) is 22.0 Å². The van der Waals surface area contributed by atoms with E-state index in [-0.39, 0.29) is 18.5 Å². The van der Waals surface area contributed by atoms with Crippen LogP contribution in [0, 0.1) is 5.92 Å². The van der Waals surface area contributed by atoms with Gasteiger partial charge in [-0.2, -0.15) is 0 Å². The minimum Gasteiger partial charge on any atom is -0.468 e. The van der Waals surface area contributed by atoms with Gasteiger partial charge in [0, 0.05) is 42.5 Å². The molecule has 3 aliphatic heterocycles. The lowest BCUT2D eigenvalue weighted by Crippen LogP contribution is -2.52. The molecule has 154 valence electrons. The van der Waals surface area contributed by atoms with Crippen LogP contribution in [-0.4, -0.2) is 55.2 Å². The maximum absolute atomic E-state index is 13.5. The van der Waals surface area contributed by atoms with Crippen LogP contribution < -0.4 is 0 Å². The smallest absolute Gasteiger partial charge is 0.321 e. The molecule has 6 nitrogen and oxygen atoms in total. The summed E-state index contributed by atoms with van der Waals surface area (Å²) < 4.78 is 10.9. The number of allylic oxidation sites excluding steroid dienone is 1. The van der Waals surface area contributed by atoms with Crippen molar-refractivity contribution in [3.8, 4) is 0 Å². The second-order valence-electron chi connectivity index (χ2n) is 8.00. The summed E-state index contributed by atoms with van der Waals surface area (Å²) in [4.78, 5) is 31.3. The molecule has 3 aliphatic rings. The molecule has 1 saturated heterocycles. The summed E-state index contributed by atoms with van der Waals surface area (Å²) in [5.41, 5.74) is 3.04. The molecule has 2 bridgehead atoms. The van der Waals surface area contributed by atoms with Crippen LogP contribution in [0.4, 0.5) is 0 Å². The SMILES string of the molecule is C/C=C1/CN2CCc3c([nH]c4ccccc34)[C@@](COC(C)=O)(C(=O)OC)[C@@H]1CC2. The topological polar surface area (TPSA) is 71.6 Å². The van der Waals surface area contributed by atoms with Crippen LogP contribution in [0.2, 0.25) is 0 Å². The van der Waals surface area contributed by atoms with Gasteiger partial charge < -0.3 is 14.5 Å². The van der Waals surface area contributed by atoms with Crippen LogP contribution >= 0.6 is 0 Å². The van der Waals surface area contributed by atoms with Crippen molar-refractivity contribution >= 4 is 22.8 Å². The number of hydrogen-bond donors (Lipinski definition) is 1. The van der Waals surface area contributed by atoms with Gasteiger partial charge in [0.25, 0.3) is 0 Å². The number of nitrogens with zero attached hydrogens (tertiary/aromatic N) is 1. The number of hydrogen-bond acceptors (Lipinski definition) is 5. The van der Waals surface area contributed by atoms with E-state index in [0.29, 0.717) is 0 Å². The van der Waals surface area contributed by atoms with E-state index in [4.69, 9.17) is 9.47 Å². The lowest BCUT2D eigenvalue weighted by atomic mass is 9.66. The number of H-pyrrole nitrogens is 1. The lowest BCUT2D eigenvalue weighted by molar-refractivity contribution is -0.157. The Balaban J connectivity index is 2.03. The summed E-state index contributed by atoms with van der Waals surface area (Å²) in [5.74, 6) is -0.850. The Bertz CT molecular complexity index is 976. The number of carbonyl (C=O) groups excluding carboxylic acids is 2. The number of piperidine rings is 1. The fourth-order valence-electron chi connectivity index (χ4n) is 5.15. The van der Waals surface area contributed by atoms with Gasteiger partial charge >= 0.3 is 11.9 Å². The number of ether oxygens (including phenoxy) is 2. The van der Waals surface area contributed by atoms with E-state index >= 15 is 0 Å². The van der Waals surface area contributed by atoms with Gasteiger partial charge in [-0.1, -0.05) is 29.8 Å². The van der Waals surface area contributed by atoms with Crippen molar-refractivity contribution in [3.63, 3.8) is 0 Å². The second-order valence-corrected chi connectivity index (χ2v) is 8.00. The molecule has 0 radical (unpaired) electrons. The van der Waals surface area contributed by atoms with Crippen LogP contribution in [0.3, 0.4) is 0 Å². The van der Waals surface area contributed by atoms with Crippen molar-refractivity contribution in [2.24, 2.45) is 5.92 Å². The van der Waals surface area contributed by atoms with E-state index in [0.717, 1.165) is 54.6 Å². The van der Waals surface area contributed by atoms with E-state index in [1.807, 2.05) is 25.1 Å². The van der Waals surface area contributed by atoms with Crippen molar-refractivity contribution < 1.29 is 19.1 Å². The number of aromatic amines is 1. The highest BCUT2D eigenvalue weighted by Gasteiger charge is 2.54. The molecule has 0 aliphatic carbocycles. The standard InChI is InChI=1S/C23H28N2O4/c1-4-16-13-25-11-9-18-17-7-5-6-8-20(17)24-21(18)23(22(27)28-3,14-29-15(2)26)19(16)10-12-25/h4-8,19,24H,9-14H2,1-3H3/b16-4-/t19-,23+/m1/s1. The molecule has 29 heavy (non-hydrogen) atoms. The highest BCUT2D eigenvalue weighted by Crippen LogP contribution is 2.46. The Kier molecular flexibility index (Phi) is 5.21. The average Bonchev–Trinajstić information content (AvgIpc) is 3.14. The molecular formula is C23H28N2O4. The highest BCUT2D eigenvalue weighted by molar-refractivity contribution is 5.91. The Morgan fingerprint density at radius 1 is 1.31 bits per heavy atom. The molecule has 3 atom stereocenters. The number of nitrogens with one attached hydrogen (secondary N) is 1. The van der Waals surface area contributed by atoms with Crippen LogP contribution in [0.5, 0.6) is 0 Å². The Morgan fingerprint density at radius 2 is 2.10 bits per heavy atom. The molecule has 0 amide bonds. The molecule has 5 rings (SSSR count). The van der Waals surface area contributed by atoms with Gasteiger partial charge in [-0.05, 0) is 37.9 Å². The Hall–Kier alpha value is -2.60. The number of aromatic nitrogens is 1. The fraction of sp³-hybridized carbons (Fsp3) is 0.478. The lowest BCUT2D eigenvalue weighted by Gasteiger charge is -2.42. The summed E-state index contributed by atoms with van der Waals surface area (Å²) >= 11 is 0. The predicted molar refractivity (Wildman–Crippen MR) is 111 cm³/mol. The van der Waals surface area contributed by atoms with Crippen molar-refractivity contribution in [1.82, 2.24) is 9.88 Å². The largest absolute Gasteiger partial charge is 0.468 e. The van der Waals surface area contributed by atoms with Crippen molar-refractivity contribution in [2.45, 2.75) is 32.1 Å². The van der Waals surface area contributed by atoms with Gasteiger partial charge in [-0.15, -0.1) is 0 Å². The number of methoxy groups -OCH3 is 1. The number of para-hydroxylation sites is 1. The van der Waals surface area contributed by atoms with Crippen molar-refractivity contribution in [2.75, 3.05) is 33.4 Å². The number of carbonyl (C=O) groups is 2. The first-order valence-electron chi connectivity index (χ1n) is 10.2. The van der Waals surface area contributed by atoms with Crippen LogP contribution in [0.25, 0.3) is 10.9 Å². The zero-order valence-electron chi connectivity index (χ0n) is 17.3. The van der Waals surface area contributed by atoms with Gasteiger partial charge in [0.1, 0.15) is 12.0 Å². The fourth-order valence-corrected chi connectivity index (χ4v) is 5.15. The third-order valence-corrected chi connectivity index (χ3v) is 6.54. The molecule has 4 heterocycles. The van der Waals surface area contributed by atoms with Crippen LogP contribution in [-0.2, 0) is 30.9 Å². The van der Waals surface area contributed by atoms with Crippen molar-refractivity contribution in [1.29, 1.82) is 0 Å². The van der Waals surface area contributed by atoms with Crippen molar-refractivity contribution in [3.05, 3.63) is 47.2 Å². The molecule has 0 saturated carbocycles. The zero-order valence-corrected chi connectivity index (χ0v) is 17.3. The summed E-state index contributed by atoms with van der Waals surface area (Å²) in [5, 5.41) is 1.11. The van der Waals surface area contributed by atoms with E-state index in [1.165, 1.54) is 19.6 Å². The maximum atomic E-state index is 13.5. The molecule has 6 heteroatoms. The zero-order chi connectivity index (χ0) is 20.6. The minimum atomic E-state index is -1.09. The first-order valence-corrected chi connectivity index (χ1v) is 10.2. The summed E-state index contributed by atoms with van der Waals surface area (Å²) in [7, 11) is 1.41. The first kappa shape index (κ1) is 19.7. The summed E-state index contributed by atoms with van der Waals surface area (Å²) in [6, 6.07) is 8.11. The van der Waals surface area contributed by atoms with Crippen LogP contribution in [0.15, 0.2) is 35.9 Å². The highest BCUT2D eigenvalue weighted by atomic mass is 16.5. The summed E-state index contributed by atoms with van der Waals surface area (Å²) in [6.45, 7) is 6.01. The molecule has 2 aromatic rings. The summed E-state index contributed by atoms with van der Waals surface area (Å²) in [6.07, 6.45) is 3.74. The molecule has 1 unspecified atom stereocenters. The molecule has 1 aromatic heterocycles. The predicted octanol–water partition coefficient (Wildman–Crippen LogP) is 2.97. The maximum Gasteiger partial charge on any atom is 0.321 e. The Labute approximate surface area is 170 Å². The molecule has 1 N–H and O–H groups in total. The van der Waals surface area contributed by atoms with E-state index in [1.54, 1.807) is 0 Å². The molecule has 1 fully saturated rings. The van der Waals surface area contributed by atoms with Gasteiger partial charge in [0.15, 0.2) is 0 Å². The number of fused-ring (bicyclic) bond motifs is 4. The second kappa shape index (κ2) is 7.67. The molecular weight excluding hydrogens is 368 g/mol. The third kappa shape index (κ3) is 3.15. The van der Waals surface area contributed by atoms with E-state index < -0.39 is 11.4 Å². The normalized spacial score (nSPS) is 27.8.